The number of thioether (sulfide) groups is 1. The van der Waals surface area contributed by atoms with Crippen LogP contribution in [0.2, 0.25) is 0 Å². The van der Waals surface area contributed by atoms with Gasteiger partial charge >= 0.3 is 0 Å². The van der Waals surface area contributed by atoms with Crippen molar-refractivity contribution in [2.45, 2.75) is 6.54 Å². The Morgan fingerprint density at radius 2 is 2.35 bits per heavy atom. The van der Waals surface area contributed by atoms with Crippen LogP contribution in [0.5, 0.6) is 0 Å². The molecule has 1 aromatic heterocycles. The fourth-order valence-electron chi connectivity index (χ4n) is 3.00. The van der Waals surface area contributed by atoms with Gasteiger partial charge in [-0.3, -0.25) is 14.8 Å². The minimum Gasteiger partial charge on any atom is -0.345 e. The molecule has 1 amide bonds. The molecule has 122 valence electrons. The molecular formula is C16H19FN4OS. The van der Waals surface area contributed by atoms with Crippen LogP contribution in [0.15, 0.2) is 34.4 Å². The van der Waals surface area contributed by atoms with Crippen molar-refractivity contribution >= 4 is 24.4 Å². The van der Waals surface area contributed by atoms with Crippen LogP contribution in [-0.2, 0) is 11.3 Å². The van der Waals surface area contributed by atoms with Gasteiger partial charge in [-0.05, 0) is 49.7 Å². The van der Waals surface area contributed by atoms with E-state index in [0.29, 0.717) is 0 Å². The molecule has 5 nitrogen and oxygen atoms in total. The van der Waals surface area contributed by atoms with Crippen molar-refractivity contribution < 1.29 is 9.18 Å². The lowest BCUT2D eigenvalue weighted by Gasteiger charge is -2.06. The molecule has 3 rings (SSSR count). The second-order valence-electron chi connectivity index (χ2n) is 5.76. The number of fused-ring (bicyclic) bond motifs is 1. The number of nitrogens with one attached hydrogen (secondary N) is 2. The molecule has 0 bridgehead atoms. The molecule has 1 aliphatic carbocycles. The van der Waals surface area contributed by atoms with Crippen LogP contribution in [0.1, 0.15) is 5.69 Å². The molecule has 7 heteroatoms. The highest BCUT2D eigenvalue weighted by molar-refractivity contribution is 8.02. The summed E-state index contributed by atoms with van der Waals surface area (Å²) in [4.78, 5) is 19.7. The highest BCUT2D eigenvalue weighted by Crippen LogP contribution is 2.50. The highest BCUT2D eigenvalue weighted by atomic mass is 32.2. The number of nitrogens with zero attached hydrogens (tertiary/aromatic N) is 2. The van der Waals surface area contributed by atoms with Crippen LogP contribution in [0.3, 0.4) is 0 Å². The Bertz CT molecular complexity index is 626. The second kappa shape index (κ2) is 7.23. The molecule has 0 aromatic carbocycles. The average Bonchev–Trinajstić information content (AvgIpc) is 2.99. The number of rotatable bonds is 7. The maximum atomic E-state index is 13.5. The number of halogens is 1. The summed E-state index contributed by atoms with van der Waals surface area (Å²) in [6, 6.07) is 2.82. The minimum absolute atomic E-state index is 0.0292. The monoisotopic (exact) mass is 334 g/mol. The number of hydrogen-bond acceptors (Lipinski definition) is 5. The van der Waals surface area contributed by atoms with E-state index in [-0.39, 0.29) is 23.8 Å². The Morgan fingerprint density at radius 1 is 1.57 bits per heavy atom. The van der Waals surface area contributed by atoms with E-state index < -0.39 is 5.82 Å². The lowest BCUT2D eigenvalue weighted by Crippen LogP contribution is -2.24. The Labute approximate surface area is 138 Å². The van der Waals surface area contributed by atoms with E-state index >= 15 is 0 Å². The Kier molecular flexibility index (Phi) is 5.07. The maximum absolute atomic E-state index is 13.5. The number of aromatic nitrogens is 1. The van der Waals surface area contributed by atoms with Crippen molar-refractivity contribution in [3.8, 4) is 0 Å². The fraction of sp³-hybridized carbons (Fsp3) is 0.438. The summed E-state index contributed by atoms with van der Waals surface area (Å²) in [7, 11) is 0. The predicted octanol–water partition coefficient (Wildman–Crippen LogP) is 1.58. The number of aliphatic imine (C=N–C) groups is 1. The summed E-state index contributed by atoms with van der Waals surface area (Å²) in [6.45, 7) is 5.69. The maximum Gasteiger partial charge on any atom is 0.270 e. The first-order chi connectivity index (χ1) is 11.2. The van der Waals surface area contributed by atoms with Crippen LogP contribution >= 0.6 is 11.8 Å². The van der Waals surface area contributed by atoms with Gasteiger partial charge in [-0.15, -0.1) is 11.8 Å². The number of amides is 1. The van der Waals surface area contributed by atoms with Gasteiger partial charge in [0.25, 0.3) is 5.91 Å². The van der Waals surface area contributed by atoms with Crippen LogP contribution < -0.4 is 10.6 Å². The molecule has 1 aromatic rings. The first-order valence-corrected chi connectivity index (χ1v) is 8.62. The Balaban J connectivity index is 1.47. The van der Waals surface area contributed by atoms with Gasteiger partial charge in [0, 0.05) is 17.4 Å². The third kappa shape index (κ3) is 3.79. The van der Waals surface area contributed by atoms with E-state index in [1.54, 1.807) is 17.2 Å². The molecule has 2 heterocycles. The van der Waals surface area contributed by atoms with Gasteiger partial charge in [-0.1, -0.05) is 0 Å². The molecular weight excluding hydrogens is 315 g/mol. The summed E-state index contributed by atoms with van der Waals surface area (Å²) in [6.07, 6.45) is 1.49. The number of carbonyl (C=O) groups excluding carboxylic acids is 1. The van der Waals surface area contributed by atoms with Crippen LogP contribution in [0.4, 0.5) is 4.39 Å². The van der Waals surface area contributed by atoms with Gasteiger partial charge in [0.15, 0.2) is 0 Å². The van der Waals surface area contributed by atoms with Crippen LogP contribution in [0, 0.1) is 23.6 Å². The smallest absolute Gasteiger partial charge is 0.270 e. The van der Waals surface area contributed by atoms with E-state index in [4.69, 9.17) is 0 Å². The fourth-order valence-corrected chi connectivity index (χ4v) is 4.15. The molecule has 2 atom stereocenters. The van der Waals surface area contributed by atoms with Gasteiger partial charge in [0.2, 0.25) is 0 Å². The van der Waals surface area contributed by atoms with Crippen molar-refractivity contribution in [2.24, 2.45) is 22.7 Å². The van der Waals surface area contributed by atoms with Crippen molar-refractivity contribution in [3.05, 3.63) is 40.9 Å². The molecule has 2 aliphatic rings. The number of carbonyl (C=O) groups is 1. The topological polar surface area (TPSA) is 66.4 Å². The lowest BCUT2D eigenvalue weighted by molar-refractivity contribution is -0.117. The molecule has 2 unspecified atom stereocenters. The van der Waals surface area contributed by atoms with Gasteiger partial charge in [-0.2, -0.15) is 0 Å². The summed E-state index contributed by atoms with van der Waals surface area (Å²) in [5.74, 6) is 2.55. The van der Waals surface area contributed by atoms with Crippen LogP contribution in [0.25, 0.3) is 0 Å². The molecule has 0 spiro atoms. The summed E-state index contributed by atoms with van der Waals surface area (Å²) >= 11 is 1.59. The van der Waals surface area contributed by atoms with Gasteiger partial charge in [0.05, 0.1) is 12.2 Å². The SMILES string of the molecule is C=N/C(=C\SCC1C2CNCC21)C(=O)NCc1ncccc1F. The molecule has 1 aliphatic heterocycles. The standard InChI is InChI=1S/C16H19FN4OS/c1-18-15(9-23-8-12-10-5-19-6-11(10)12)16(22)21-7-14-13(17)3-2-4-20-14/h2-4,9-12,19H,1,5-8H2,(H,21,22)/b15-9-. The van der Waals surface area contributed by atoms with E-state index in [9.17, 15) is 9.18 Å². The summed E-state index contributed by atoms with van der Waals surface area (Å²) < 4.78 is 13.5. The van der Waals surface area contributed by atoms with E-state index in [0.717, 1.165) is 36.6 Å². The van der Waals surface area contributed by atoms with Gasteiger partial charge in [0.1, 0.15) is 11.5 Å². The number of pyridine rings is 1. The molecule has 0 radical (unpaired) electrons. The van der Waals surface area contributed by atoms with E-state index in [1.165, 1.54) is 18.3 Å². The minimum atomic E-state index is -0.437. The largest absolute Gasteiger partial charge is 0.345 e. The first kappa shape index (κ1) is 16.1. The third-order valence-corrected chi connectivity index (χ3v) is 5.37. The zero-order valence-corrected chi connectivity index (χ0v) is 13.5. The molecule has 1 saturated carbocycles. The predicted molar refractivity (Wildman–Crippen MR) is 89.5 cm³/mol. The molecule has 2 fully saturated rings. The van der Waals surface area contributed by atoms with Gasteiger partial charge in [-0.25, -0.2) is 4.39 Å². The zero-order chi connectivity index (χ0) is 16.2. The third-order valence-electron chi connectivity index (χ3n) is 4.41. The molecule has 1 saturated heterocycles. The first-order valence-electron chi connectivity index (χ1n) is 7.57. The molecule has 23 heavy (non-hydrogen) atoms. The van der Waals surface area contributed by atoms with Gasteiger partial charge < -0.3 is 10.6 Å². The zero-order valence-electron chi connectivity index (χ0n) is 12.7. The average molecular weight is 334 g/mol. The quantitative estimate of drug-likeness (QED) is 0.587. The number of piperidine rings is 1. The summed E-state index contributed by atoms with van der Waals surface area (Å²) in [5, 5.41) is 7.72. The Hall–Kier alpha value is -1.73. The van der Waals surface area contributed by atoms with Crippen molar-refractivity contribution in [1.82, 2.24) is 15.6 Å². The Morgan fingerprint density at radius 3 is 3.04 bits per heavy atom. The van der Waals surface area contributed by atoms with Crippen molar-refractivity contribution in [3.63, 3.8) is 0 Å². The highest BCUT2D eigenvalue weighted by Gasteiger charge is 2.51. The summed E-state index contributed by atoms with van der Waals surface area (Å²) in [5.41, 5.74) is 0.463. The van der Waals surface area contributed by atoms with Crippen LogP contribution in [-0.4, -0.2) is 36.5 Å². The lowest BCUT2D eigenvalue weighted by atomic mass is 10.3. The second-order valence-corrected chi connectivity index (χ2v) is 6.66. The normalized spacial score (nSPS) is 25.8. The van der Waals surface area contributed by atoms with E-state index in [2.05, 4.69) is 27.3 Å². The number of hydrogen-bond donors (Lipinski definition) is 2. The van der Waals surface area contributed by atoms with E-state index in [1.807, 2.05) is 0 Å². The molecule has 2 N–H and O–H groups in total. The van der Waals surface area contributed by atoms with Crippen molar-refractivity contribution in [1.29, 1.82) is 0 Å². The van der Waals surface area contributed by atoms with Crippen molar-refractivity contribution in [2.75, 3.05) is 18.8 Å².